The van der Waals surface area contributed by atoms with E-state index in [1.807, 2.05) is 32.0 Å². The fraction of sp³-hybridized carbons (Fsp3) is 0.500. The van der Waals surface area contributed by atoms with Gasteiger partial charge in [-0.3, -0.25) is 4.79 Å². The van der Waals surface area contributed by atoms with Crippen LogP contribution in [-0.2, 0) is 9.59 Å². The maximum atomic E-state index is 12.0. The first kappa shape index (κ1) is 17.0. The molecule has 0 spiro atoms. The van der Waals surface area contributed by atoms with E-state index in [1.165, 1.54) is 25.8 Å². The summed E-state index contributed by atoms with van der Waals surface area (Å²) in [6.45, 7) is 7.12. The van der Waals surface area contributed by atoms with Crippen molar-refractivity contribution < 1.29 is 19.4 Å². The molecule has 21 heavy (non-hydrogen) atoms. The number of carbonyl (C=O) groups excluding carboxylic acids is 1. The predicted octanol–water partition coefficient (Wildman–Crippen LogP) is 2.39. The van der Waals surface area contributed by atoms with Gasteiger partial charge >= 0.3 is 5.97 Å². The summed E-state index contributed by atoms with van der Waals surface area (Å²) < 4.78 is 5.67. The molecule has 0 saturated heterocycles. The first-order chi connectivity index (χ1) is 9.67. The molecule has 0 radical (unpaired) electrons. The van der Waals surface area contributed by atoms with Crippen molar-refractivity contribution in [2.24, 2.45) is 0 Å². The number of carbonyl (C=O) groups is 2. The zero-order valence-corrected chi connectivity index (χ0v) is 13.3. The van der Waals surface area contributed by atoms with Gasteiger partial charge in [0.15, 0.2) is 0 Å². The van der Waals surface area contributed by atoms with Gasteiger partial charge in [-0.05, 0) is 38.8 Å². The van der Waals surface area contributed by atoms with Crippen molar-refractivity contribution in [3.8, 4) is 5.75 Å². The minimum Gasteiger partial charge on any atom is -0.493 e. The third-order valence-corrected chi connectivity index (χ3v) is 3.71. The van der Waals surface area contributed by atoms with Crippen LogP contribution in [0.5, 0.6) is 5.75 Å². The number of hydrogen-bond acceptors (Lipinski definition) is 3. The second-order valence-corrected chi connectivity index (χ2v) is 5.64. The van der Waals surface area contributed by atoms with Crippen LogP contribution < -0.4 is 4.74 Å². The molecule has 5 nitrogen and oxygen atoms in total. The molecule has 0 fully saturated rings. The largest absolute Gasteiger partial charge is 0.493 e. The van der Waals surface area contributed by atoms with Crippen LogP contribution in [0.25, 0.3) is 0 Å². The molecule has 0 saturated carbocycles. The van der Waals surface area contributed by atoms with E-state index in [2.05, 4.69) is 0 Å². The summed E-state index contributed by atoms with van der Waals surface area (Å²) in [4.78, 5) is 24.4. The molecule has 0 heterocycles. The number of benzene rings is 1. The number of nitrogens with zero attached hydrogens (tertiary/aromatic N) is 1. The molecule has 0 aromatic heterocycles. The molecule has 1 N–H and O–H groups in total. The number of amides is 1. The summed E-state index contributed by atoms with van der Waals surface area (Å²) in [6, 6.07) is 5.85. The summed E-state index contributed by atoms with van der Waals surface area (Å²) in [5.41, 5.74) is 0.804. The van der Waals surface area contributed by atoms with Crippen LogP contribution in [0.1, 0.15) is 31.4 Å². The highest BCUT2D eigenvalue weighted by Crippen LogP contribution is 2.22. The average molecular weight is 293 g/mol. The van der Waals surface area contributed by atoms with Crippen LogP contribution in [0.15, 0.2) is 18.2 Å². The number of para-hydroxylation sites is 1. The number of hydrogen-bond donors (Lipinski definition) is 1. The first-order valence-corrected chi connectivity index (χ1v) is 6.87. The zero-order chi connectivity index (χ0) is 16.2. The van der Waals surface area contributed by atoms with Crippen LogP contribution in [0.2, 0.25) is 0 Å². The molecule has 0 atom stereocenters. The van der Waals surface area contributed by atoms with Gasteiger partial charge in [-0.25, -0.2) is 4.79 Å². The molecular formula is C16H23NO4. The van der Waals surface area contributed by atoms with Crippen LogP contribution in [0, 0.1) is 13.8 Å². The molecule has 0 aliphatic heterocycles. The maximum absolute atomic E-state index is 12.0. The Morgan fingerprint density at radius 1 is 1.24 bits per heavy atom. The van der Waals surface area contributed by atoms with Crippen LogP contribution >= 0.6 is 0 Å². The number of carboxylic acids is 1. The lowest BCUT2D eigenvalue weighted by atomic mass is 10.0. The minimum absolute atomic E-state index is 0.140. The molecule has 0 aliphatic rings. The monoisotopic (exact) mass is 293 g/mol. The number of carboxylic acid groups (broad SMARTS) is 1. The Morgan fingerprint density at radius 2 is 1.76 bits per heavy atom. The van der Waals surface area contributed by atoms with Crippen LogP contribution in [-0.4, -0.2) is 41.1 Å². The van der Waals surface area contributed by atoms with Crippen LogP contribution in [0.4, 0.5) is 0 Å². The third kappa shape index (κ3) is 3.97. The quantitative estimate of drug-likeness (QED) is 0.874. The van der Waals surface area contributed by atoms with Crippen molar-refractivity contribution in [3.63, 3.8) is 0 Å². The lowest BCUT2D eigenvalue weighted by Crippen LogP contribution is -2.51. The van der Waals surface area contributed by atoms with E-state index in [0.29, 0.717) is 0 Å². The van der Waals surface area contributed by atoms with Crippen molar-refractivity contribution in [1.29, 1.82) is 0 Å². The summed E-state index contributed by atoms with van der Waals surface area (Å²) in [5, 5.41) is 9.11. The van der Waals surface area contributed by atoms with E-state index in [0.717, 1.165) is 16.9 Å². The zero-order valence-electron chi connectivity index (χ0n) is 13.3. The standard InChI is InChI=1S/C16H23NO4/c1-11-7-6-8-12(2)14(11)21-10-9-13(18)17(5)16(3,4)15(19)20/h6-8H,9-10H2,1-5H3,(H,19,20). The Balaban J connectivity index is 2.60. The van der Waals surface area contributed by atoms with Crippen molar-refractivity contribution in [3.05, 3.63) is 29.3 Å². The molecule has 116 valence electrons. The highest BCUT2D eigenvalue weighted by molar-refractivity contribution is 5.86. The molecule has 5 heteroatoms. The van der Waals surface area contributed by atoms with Gasteiger partial charge in [-0.1, -0.05) is 18.2 Å². The van der Waals surface area contributed by atoms with Crippen molar-refractivity contribution in [1.82, 2.24) is 4.90 Å². The Labute approximate surface area is 125 Å². The third-order valence-electron chi connectivity index (χ3n) is 3.71. The lowest BCUT2D eigenvalue weighted by Gasteiger charge is -2.31. The van der Waals surface area contributed by atoms with Gasteiger partial charge in [-0.15, -0.1) is 0 Å². The van der Waals surface area contributed by atoms with Gasteiger partial charge in [0.1, 0.15) is 11.3 Å². The number of aryl methyl sites for hydroxylation is 2. The molecule has 1 rings (SSSR count). The SMILES string of the molecule is Cc1cccc(C)c1OCCC(=O)N(C)C(C)(C)C(=O)O. The second kappa shape index (κ2) is 6.61. The summed E-state index contributed by atoms with van der Waals surface area (Å²) >= 11 is 0. The van der Waals surface area contributed by atoms with Gasteiger partial charge < -0.3 is 14.7 Å². The van der Waals surface area contributed by atoms with E-state index >= 15 is 0 Å². The van der Waals surface area contributed by atoms with Crippen LogP contribution in [0.3, 0.4) is 0 Å². The fourth-order valence-electron chi connectivity index (χ4n) is 1.89. The minimum atomic E-state index is -1.23. The van der Waals surface area contributed by atoms with E-state index < -0.39 is 11.5 Å². The highest BCUT2D eigenvalue weighted by atomic mass is 16.5. The van der Waals surface area contributed by atoms with Crippen molar-refractivity contribution in [2.45, 2.75) is 39.7 Å². The summed E-state index contributed by atoms with van der Waals surface area (Å²) in [6.07, 6.45) is 0.140. The van der Waals surface area contributed by atoms with Gasteiger partial charge in [0.2, 0.25) is 5.91 Å². The Morgan fingerprint density at radius 3 is 2.24 bits per heavy atom. The smallest absolute Gasteiger partial charge is 0.329 e. The molecule has 1 aromatic carbocycles. The predicted molar refractivity (Wildman–Crippen MR) is 80.5 cm³/mol. The maximum Gasteiger partial charge on any atom is 0.329 e. The lowest BCUT2D eigenvalue weighted by molar-refractivity contribution is -0.155. The van der Waals surface area contributed by atoms with Gasteiger partial charge in [0.25, 0.3) is 0 Å². The summed E-state index contributed by atoms with van der Waals surface area (Å²) in [7, 11) is 1.50. The average Bonchev–Trinajstić information content (AvgIpc) is 2.40. The van der Waals surface area contributed by atoms with Crippen molar-refractivity contribution in [2.75, 3.05) is 13.7 Å². The highest BCUT2D eigenvalue weighted by Gasteiger charge is 2.34. The van der Waals surface area contributed by atoms with Crippen molar-refractivity contribution >= 4 is 11.9 Å². The first-order valence-electron chi connectivity index (χ1n) is 6.87. The number of aliphatic carboxylic acids is 1. The fourth-order valence-corrected chi connectivity index (χ4v) is 1.89. The Bertz CT molecular complexity index is 517. The van der Waals surface area contributed by atoms with Gasteiger partial charge in [0, 0.05) is 7.05 Å². The normalized spacial score (nSPS) is 11.1. The number of likely N-dealkylation sites (N-methyl/N-ethyl adjacent to an activating group) is 1. The number of rotatable bonds is 6. The second-order valence-electron chi connectivity index (χ2n) is 5.64. The molecular weight excluding hydrogens is 270 g/mol. The molecule has 0 unspecified atom stereocenters. The molecule has 1 aromatic rings. The molecule has 0 bridgehead atoms. The van der Waals surface area contributed by atoms with E-state index in [1.54, 1.807) is 0 Å². The topological polar surface area (TPSA) is 66.8 Å². The van der Waals surface area contributed by atoms with Gasteiger partial charge in [-0.2, -0.15) is 0 Å². The number of ether oxygens (including phenoxy) is 1. The van der Waals surface area contributed by atoms with Gasteiger partial charge in [0.05, 0.1) is 13.0 Å². The molecule has 1 amide bonds. The van der Waals surface area contributed by atoms with E-state index in [-0.39, 0.29) is 18.9 Å². The summed E-state index contributed by atoms with van der Waals surface area (Å²) in [5.74, 6) is -0.506. The van der Waals surface area contributed by atoms with E-state index in [9.17, 15) is 9.59 Å². The van der Waals surface area contributed by atoms with E-state index in [4.69, 9.17) is 9.84 Å². The molecule has 0 aliphatic carbocycles. The Hall–Kier alpha value is -2.04. The Kier molecular flexibility index (Phi) is 5.35.